The number of rotatable bonds is 3. The van der Waals surface area contributed by atoms with E-state index >= 15 is 4.39 Å². The molecular weight excluding hydrogens is 357 g/mol. The molecule has 140 valence electrons. The van der Waals surface area contributed by atoms with Gasteiger partial charge in [0.05, 0.1) is 20.3 Å². The maximum Gasteiger partial charge on any atom is 0.206 e. The van der Waals surface area contributed by atoms with Crippen molar-refractivity contribution in [2.75, 3.05) is 20.8 Å². The van der Waals surface area contributed by atoms with Gasteiger partial charge in [-0.1, -0.05) is 30.3 Å². The van der Waals surface area contributed by atoms with Crippen LogP contribution in [0.1, 0.15) is 16.7 Å². The highest BCUT2D eigenvalue weighted by molar-refractivity contribution is 5.60. The lowest BCUT2D eigenvalue weighted by molar-refractivity contribution is 0.126. The van der Waals surface area contributed by atoms with Gasteiger partial charge in [0.2, 0.25) is 5.95 Å². The third-order valence-corrected chi connectivity index (χ3v) is 5.68. The fraction of sp³-hybridized carbons (Fsp3) is 0.273. The van der Waals surface area contributed by atoms with Crippen molar-refractivity contribution in [1.29, 1.82) is 10.5 Å². The van der Waals surface area contributed by atoms with Crippen LogP contribution in [0.15, 0.2) is 54.0 Å². The molecule has 0 aromatic heterocycles. The van der Waals surface area contributed by atoms with Crippen molar-refractivity contribution in [1.82, 2.24) is 4.90 Å². The number of halogens is 1. The summed E-state index contributed by atoms with van der Waals surface area (Å²) in [4.78, 5) is 1.56. The van der Waals surface area contributed by atoms with Gasteiger partial charge in [0.25, 0.3) is 0 Å². The minimum Gasteiger partial charge on any atom is -0.493 e. The number of ether oxygens (including phenoxy) is 2. The third kappa shape index (κ3) is 2.15. The summed E-state index contributed by atoms with van der Waals surface area (Å²) in [5.74, 6) is -0.519. The molecule has 0 N–H and O–H groups in total. The number of hydrogen-bond donors (Lipinski definition) is 0. The van der Waals surface area contributed by atoms with Crippen LogP contribution in [0.3, 0.4) is 0 Å². The molecule has 6 heteroatoms. The Morgan fingerprint density at radius 2 is 1.79 bits per heavy atom. The maximum atomic E-state index is 15.3. The summed E-state index contributed by atoms with van der Waals surface area (Å²) >= 11 is 0. The Balaban J connectivity index is 2.10. The van der Waals surface area contributed by atoms with Gasteiger partial charge in [-0.05, 0) is 35.2 Å². The van der Waals surface area contributed by atoms with E-state index in [1.54, 1.807) is 12.0 Å². The zero-order valence-electron chi connectivity index (χ0n) is 15.6. The van der Waals surface area contributed by atoms with Crippen LogP contribution in [0.25, 0.3) is 0 Å². The largest absolute Gasteiger partial charge is 0.493 e. The van der Waals surface area contributed by atoms with E-state index in [2.05, 4.69) is 6.07 Å². The van der Waals surface area contributed by atoms with Crippen molar-refractivity contribution in [3.63, 3.8) is 0 Å². The molecular formula is C22H18FN3O2. The Morgan fingerprint density at radius 3 is 2.39 bits per heavy atom. The van der Waals surface area contributed by atoms with Crippen molar-refractivity contribution in [2.24, 2.45) is 5.92 Å². The monoisotopic (exact) mass is 375 g/mol. The summed E-state index contributed by atoms with van der Waals surface area (Å²) < 4.78 is 26.2. The average Bonchev–Trinajstić information content (AvgIpc) is 3.01. The molecule has 2 aliphatic rings. The van der Waals surface area contributed by atoms with E-state index in [-0.39, 0.29) is 5.57 Å². The van der Waals surface area contributed by atoms with E-state index in [4.69, 9.17) is 9.47 Å². The number of benzene rings is 2. The second-order valence-corrected chi connectivity index (χ2v) is 6.78. The number of nitrogens with zero attached hydrogens (tertiary/aromatic N) is 3. The highest BCUT2D eigenvalue weighted by Crippen LogP contribution is 2.56. The molecule has 0 aliphatic carbocycles. The van der Waals surface area contributed by atoms with Crippen LogP contribution >= 0.6 is 0 Å². The molecule has 2 aromatic carbocycles. The van der Waals surface area contributed by atoms with E-state index < -0.39 is 17.4 Å². The highest BCUT2D eigenvalue weighted by Gasteiger charge is 2.58. The first-order chi connectivity index (χ1) is 13.6. The Kier molecular flexibility index (Phi) is 4.20. The molecule has 0 fully saturated rings. The Bertz CT molecular complexity index is 1050. The quantitative estimate of drug-likeness (QED) is 0.766. The molecule has 0 bridgehead atoms. The lowest BCUT2D eigenvalue weighted by Crippen LogP contribution is -2.50. The molecule has 0 unspecified atom stereocenters. The second-order valence-electron chi connectivity index (χ2n) is 6.78. The van der Waals surface area contributed by atoms with Crippen LogP contribution in [-0.2, 0) is 12.0 Å². The summed E-state index contributed by atoms with van der Waals surface area (Å²) in [6.45, 7) is 0.354. The molecule has 0 saturated carbocycles. The van der Waals surface area contributed by atoms with E-state index in [1.165, 1.54) is 7.11 Å². The lowest BCUT2D eigenvalue weighted by atomic mass is 9.68. The molecule has 4 rings (SSSR count). The van der Waals surface area contributed by atoms with Crippen molar-refractivity contribution in [3.8, 4) is 23.6 Å². The van der Waals surface area contributed by atoms with E-state index in [1.807, 2.05) is 48.5 Å². The van der Waals surface area contributed by atoms with Crippen molar-refractivity contribution in [2.45, 2.75) is 12.0 Å². The number of hydrogen-bond acceptors (Lipinski definition) is 5. The minimum atomic E-state index is -1.13. The van der Waals surface area contributed by atoms with Crippen LogP contribution in [0.5, 0.6) is 11.5 Å². The predicted octanol–water partition coefficient (Wildman–Crippen LogP) is 3.66. The molecule has 0 spiro atoms. The van der Waals surface area contributed by atoms with E-state index in [0.29, 0.717) is 24.5 Å². The zero-order valence-corrected chi connectivity index (χ0v) is 15.6. The minimum absolute atomic E-state index is 0.131. The van der Waals surface area contributed by atoms with Gasteiger partial charge in [0, 0.05) is 6.54 Å². The molecule has 28 heavy (non-hydrogen) atoms. The van der Waals surface area contributed by atoms with Gasteiger partial charge >= 0.3 is 0 Å². The van der Waals surface area contributed by atoms with Crippen LogP contribution in [0.2, 0.25) is 0 Å². The number of nitriles is 2. The van der Waals surface area contributed by atoms with Crippen molar-refractivity contribution < 1.29 is 13.9 Å². The van der Waals surface area contributed by atoms with Gasteiger partial charge < -0.3 is 14.4 Å². The van der Waals surface area contributed by atoms with Gasteiger partial charge in [-0.2, -0.15) is 14.9 Å². The summed E-state index contributed by atoms with van der Waals surface area (Å²) in [5, 5.41) is 19.6. The molecule has 0 radical (unpaired) electrons. The number of fused-ring (bicyclic) bond motifs is 3. The fourth-order valence-corrected chi connectivity index (χ4v) is 4.51. The average molecular weight is 375 g/mol. The third-order valence-electron chi connectivity index (χ3n) is 5.68. The van der Waals surface area contributed by atoms with Crippen LogP contribution in [0.4, 0.5) is 4.39 Å². The molecule has 2 atom stereocenters. The van der Waals surface area contributed by atoms with Crippen LogP contribution in [-0.4, -0.2) is 25.7 Å². The first-order valence-electron chi connectivity index (χ1n) is 8.91. The Hall–Kier alpha value is -3.51. The summed E-state index contributed by atoms with van der Waals surface area (Å²) in [5.41, 5.74) is 1.21. The first-order valence-corrected chi connectivity index (χ1v) is 8.91. The summed E-state index contributed by atoms with van der Waals surface area (Å²) in [6.07, 6.45) is 0.564. The predicted molar refractivity (Wildman–Crippen MR) is 100 cm³/mol. The molecule has 2 heterocycles. The topological polar surface area (TPSA) is 69.3 Å². The van der Waals surface area contributed by atoms with E-state index in [9.17, 15) is 10.5 Å². The fourth-order valence-electron chi connectivity index (χ4n) is 4.51. The lowest BCUT2D eigenvalue weighted by Gasteiger charge is -2.47. The van der Waals surface area contributed by atoms with Crippen molar-refractivity contribution in [3.05, 3.63) is 70.7 Å². The number of methoxy groups -OCH3 is 2. The Morgan fingerprint density at radius 1 is 1.11 bits per heavy atom. The zero-order chi connectivity index (χ0) is 19.9. The molecule has 5 nitrogen and oxygen atoms in total. The van der Waals surface area contributed by atoms with Gasteiger partial charge in [0.1, 0.15) is 23.1 Å². The van der Waals surface area contributed by atoms with Crippen LogP contribution < -0.4 is 9.47 Å². The van der Waals surface area contributed by atoms with Gasteiger partial charge in [-0.25, -0.2) is 0 Å². The molecule has 0 saturated heterocycles. The standard InChI is InChI=1S/C22H18FN3O2/c1-27-19-10-14-8-9-26-21(23)16(12-24)18(13-25)22(26,15-6-4-3-5-7-15)17(14)11-20(19)28-2/h3-7,10-11,18H,8-9H2,1-2H3/t18-,22+/m1/s1. The van der Waals surface area contributed by atoms with Gasteiger partial charge in [0.15, 0.2) is 11.5 Å². The first kappa shape index (κ1) is 17.9. The molecule has 2 aromatic rings. The van der Waals surface area contributed by atoms with Crippen LogP contribution in [0, 0.1) is 28.6 Å². The molecule has 0 amide bonds. The summed E-state index contributed by atoms with van der Waals surface area (Å²) in [6, 6.07) is 17.2. The van der Waals surface area contributed by atoms with Crippen molar-refractivity contribution >= 4 is 0 Å². The Labute approximate surface area is 162 Å². The maximum absolute atomic E-state index is 15.3. The van der Waals surface area contributed by atoms with E-state index in [0.717, 1.165) is 16.7 Å². The molecule has 2 aliphatic heterocycles. The van der Waals surface area contributed by atoms with Gasteiger partial charge in [-0.3, -0.25) is 0 Å². The van der Waals surface area contributed by atoms with Gasteiger partial charge in [-0.15, -0.1) is 0 Å². The summed E-state index contributed by atoms with van der Waals surface area (Å²) in [7, 11) is 3.10. The smallest absolute Gasteiger partial charge is 0.206 e. The second kappa shape index (κ2) is 6.58. The SMILES string of the molecule is COc1cc2c(cc1OC)[C@@]1(c3ccccc3)[C@H](C#N)C(C#N)=C(F)N1CC2. The highest BCUT2D eigenvalue weighted by atomic mass is 19.1. The normalized spacial score (nSPS) is 22.8.